The van der Waals surface area contributed by atoms with E-state index in [9.17, 15) is 12.8 Å². The Morgan fingerprint density at radius 3 is 2.39 bits per heavy atom. The van der Waals surface area contributed by atoms with Gasteiger partial charge in [0.25, 0.3) is 0 Å². The molecule has 6 heteroatoms. The largest absolute Gasteiger partial charge is 0.368 e. The van der Waals surface area contributed by atoms with Crippen LogP contribution in [0.5, 0.6) is 0 Å². The number of halogens is 1. The molecule has 4 nitrogen and oxygen atoms in total. The molecule has 0 atom stereocenters. The normalized spacial score (nSPS) is 18.6. The molecule has 150 valence electrons. The summed E-state index contributed by atoms with van der Waals surface area (Å²) in [5.74, 6) is -0.541. The van der Waals surface area contributed by atoms with Crippen LogP contribution in [0, 0.1) is 5.82 Å². The Morgan fingerprint density at radius 2 is 1.71 bits per heavy atom. The smallest absolute Gasteiger partial charge is 0.206 e. The molecule has 0 spiro atoms. The van der Waals surface area contributed by atoms with Crippen molar-refractivity contribution in [3.63, 3.8) is 0 Å². The summed E-state index contributed by atoms with van der Waals surface area (Å²) in [5, 5.41) is 0. The van der Waals surface area contributed by atoms with Crippen molar-refractivity contribution in [3.05, 3.63) is 53.8 Å². The van der Waals surface area contributed by atoms with Gasteiger partial charge in [-0.3, -0.25) is 0 Å². The average molecular weight is 403 g/mol. The van der Waals surface area contributed by atoms with Gasteiger partial charge in [0, 0.05) is 37.4 Å². The van der Waals surface area contributed by atoms with E-state index in [0.717, 1.165) is 56.2 Å². The zero-order chi connectivity index (χ0) is 19.9. The van der Waals surface area contributed by atoms with Crippen LogP contribution in [0.4, 0.5) is 10.1 Å². The van der Waals surface area contributed by atoms with E-state index < -0.39 is 15.7 Å². The van der Waals surface area contributed by atoms with Crippen LogP contribution in [0.3, 0.4) is 0 Å². The Hall–Kier alpha value is -1.92. The van der Waals surface area contributed by atoms with Crippen LogP contribution in [0.25, 0.3) is 0 Å². The molecule has 4 rings (SSSR count). The van der Waals surface area contributed by atoms with E-state index in [-0.39, 0.29) is 9.79 Å². The van der Waals surface area contributed by atoms with Crippen molar-refractivity contribution in [2.75, 3.05) is 24.5 Å². The van der Waals surface area contributed by atoms with E-state index in [1.54, 1.807) is 12.1 Å². The summed E-state index contributed by atoms with van der Waals surface area (Å²) in [6.07, 6.45) is 3.13. The molecule has 0 radical (unpaired) electrons. The number of rotatable bonds is 4. The first-order valence-electron chi connectivity index (χ1n) is 10.0. The third-order valence-corrected chi connectivity index (χ3v) is 7.82. The highest BCUT2D eigenvalue weighted by atomic mass is 32.2. The number of hydrogen-bond acceptors (Lipinski definition) is 4. The van der Waals surface area contributed by atoms with Gasteiger partial charge in [-0.25, -0.2) is 12.8 Å². The topological polar surface area (TPSA) is 40.6 Å². The Balaban J connectivity index is 1.56. The van der Waals surface area contributed by atoms with E-state index in [4.69, 9.17) is 0 Å². The zero-order valence-corrected chi connectivity index (χ0v) is 17.3. The molecule has 2 aromatic rings. The first-order valence-corrected chi connectivity index (χ1v) is 11.5. The molecule has 0 N–H and O–H groups in total. The number of benzene rings is 2. The van der Waals surface area contributed by atoms with Crippen LogP contribution in [0.15, 0.2) is 52.3 Å². The highest BCUT2D eigenvalue weighted by Gasteiger charge is 2.31. The maximum atomic E-state index is 13.5. The minimum absolute atomic E-state index is 0.00311. The lowest BCUT2D eigenvalue weighted by Crippen LogP contribution is -2.46. The molecule has 2 heterocycles. The molecular formula is C22H27FN2O2S. The summed E-state index contributed by atoms with van der Waals surface area (Å²) < 4.78 is 39.3. The van der Waals surface area contributed by atoms with Crippen molar-refractivity contribution in [2.24, 2.45) is 0 Å². The Morgan fingerprint density at radius 1 is 1.00 bits per heavy atom. The summed E-state index contributed by atoms with van der Waals surface area (Å²) in [4.78, 5) is 5.21. The molecule has 2 aromatic carbocycles. The minimum Gasteiger partial charge on any atom is -0.368 e. The predicted molar refractivity (Wildman–Crippen MR) is 109 cm³/mol. The van der Waals surface area contributed by atoms with E-state index in [2.05, 4.69) is 23.6 Å². The summed E-state index contributed by atoms with van der Waals surface area (Å²) >= 11 is 0. The van der Waals surface area contributed by atoms with Crippen molar-refractivity contribution in [1.29, 1.82) is 0 Å². The maximum Gasteiger partial charge on any atom is 0.206 e. The highest BCUT2D eigenvalue weighted by Crippen LogP contribution is 2.35. The summed E-state index contributed by atoms with van der Waals surface area (Å²) in [6.45, 7) is 7.64. The van der Waals surface area contributed by atoms with Crippen LogP contribution >= 0.6 is 0 Å². The standard InChI is InChI=1S/C22H27FN2O2S/c1-16(2)24-11-9-19(10-12-24)25-13-8-17-14-21(6-7-22(17)25)28(26,27)20-5-3-4-18(23)15-20/h3-7,14-16,19H,8-13H2,1-2H3. The van der Waals surface area contributed by atoms with Crippen LogP contribution in [0.1, 0.15) is 32.3 Å². The monoisotopic (exact) mass is 402 g/mol. The second-order valence-corrected chi connectivity index (χ2v) is 10.0. The molecule has 0 aromatic heterocycles. The van der Waals surface area contributed by atoms with Crippen molar-refractivity contribution in [3.8, 4) is 0 Å². The van der Waals surface area contributed by atoms with Gasteiger partial charge in [-0.1, -0.05) is 6.07 Å². The second kappa shape index (κ2) is 7.48. The SMILES string of the molecule is CC(C)N1CCC(N2CCc3cc(S(=O)(=O)c4cccc(F)c4)ccc32)CC1. The van der Waals surface area contributed by atoms with Gasteiger partial charge in [0.05, 0.1) is 9.79 Å². The molecule has 1 saturated heterocycles. The second-order valence-electron chi connectivity index (χ2n) is 8.06. The van der Waals surface area contributed by atoms with Gasteiger partial charge in [0.1, 0.15) is 5.82 Å². The predicted octanol–water partition coefficient (Wildman–Crippen LogP) is 3.89. The summed E-state index contributed by atoms with van der Waals surface area (Å²) in [7, 11) is -3.71. The molecule has 0 aliphatic carbocycles. The van der Waals surface area contributed by atoms with Gasteiger partial charge < -0.3 is 9.80 Å². The van der Waals surface area contributed by atoms with Crippen molar-refractivity contribution >= 4 is 15.5 Å². The molecule has 0 saturated carbocycles. The third-order valence-electron chi connectivity index (χ3n) is 6.07. The Labute approximate surface area is 166 Å². The molecule has 2 aliphatic heterocycles. The Bertz CT molecular complexity index is 966. The van der Waals surface area contributed by atoms with Crippen molar-refractivity contribution in [1.82, 2.24) is 4.90 Å². The number of anilines is 1. The highest BCUT2D eigenvalue weighted by molar-refractivity contribution is 7.91. The fourth-order valence-corrected chi connectivity index (χ4v) is 5.78. The van der Waals surface area contributed by atoms with E-state index >= 15 is 0 Å². The molecule has 0 bridgehead atoms. The van der Waals surface area contributed by atoms with Crippen LogP contribution in [0.2, 0.25) is 0 Å². The van der Waals surface area contributed by atoms with Crippen molar-refractivity contribution in [2.45, 2.75) is 55.0 Å². The van der Waals surface area contributed by atoms with Crippen LogP contribution < -0.4 is 4.90 Å². The molecule has 1 fully saturated rings. The van der Waals surface area contributed by atoms with E-state index in [1.165, 1.54) is 18.2 Å². The first-order chi connectivity index (χ1) is 13.4. The summed E-state index contributed by atoms with van der Waals surface area (Å²) in [5.41, 5.74) is 2.23. The number of fused-ring (bicyclic) bond motifs is 1. The minimum atomic E-state index is -3.71. The molecule has 0 amide bonds. The number of hydrogen-bond donors (Lipinski definition) is 0. The fourth-order valence-electron chi connectivity index (χ4n) is 4.43. The average Bonchev–Trinajstić information content (AvgIpc) is 3.11. The van der Waals surface area contributed by atoms with Gasteiger partial charge in [-0.05, 0) is 75.1 Å². The van der Waals surface area contributed by atoms with E-state index in [0.29, 0.717) is 12.1 Å². The number of likely N-dealkylation sites (tertiary alicyclic amines) is 1. The van der Waals surface area contributed by atoms with Gasteiger partial charge in [0.2, 0.25) is 9.84 Å². The summed E-state index contributed by atoms with van der Waals surface area (Å²) in [6, 6.07) is 11.7. The Kier molecular flexibility index (Phi) is 5.19. The van der Waals surface area contributed by atoms with Gasteiger partial charge >= 0.3 is 0 Å². The maximum absolute atomic E-state index is 13.5. The first kappa shape index (κ1) is 19.4. The van der Waals surface area contributed by atoms with Crippen molar-refractivity contribution < 1.29 is 12.8 Å². The van der Waals surface area contributed by atoms with Gasteiger partial charge in [-0.15, -0.1) is 0 Å². The third kappa shape index (κ3) is 3.55. The van der Waals surface area contributed by atoms with Crippen LogP contribution in [-0.2, 0) is 16.3 Å². The number of sulfone groups is 1. The lowest BCUT2D eigenvalue weighted by Gasteiger charge is -2.39. The molecule has 0 unspecified atom stereocenters. The zero-order valence-electron chi connectivity index (χ0n) is 16.4. The van der Waals surface area contributed by atoms with E-state index in [1.807, 2.05) is 6.07 Å². The van der Waals surface area contributed by atoms with Gasteiger partial charge in [0.15, 0.2) is 0 Å². The number of piperidine rings is 1. The quantitative estimate of drug-likeness (QED) is 0.778. The lowest BCUT2D eigenvalue weighted by molar-refractivity contribution is 0.170. The number of nitrogens with zero attached hydrogens (tertiary/aromatic N) is 2. The molecule has 28 heavy (non-hydrogen) atoms. The lowest BCUT2D eigenvalue weighted by atomic mass is 10.0. The van der Waals surface area contributed by atoms with Gasteiger partial charge in [-0.2, -0.15) is 0 Å². The molecular weight excluding hydrogens is 375 g/mol. The molecule has 2 aliphatic rings. The fraction of sp³-hybridized carbons (Fsp3) is 0.455. The van der Waals surface area contributed by atoms with Crippen LogP contribution in [-0.4, -0.2) is 45.0 Å².